The molecule has 0 unspecified atom stereocenters. The average Bonchev–Trinajstić information content (AvgIpc) is 3.02. The molecule has 5 N–H and O–H groups in total. The Morgan fingerprint density at radius 1 is 1.16 bits per heavy atom. The Morgan fingerprint density at radius 3 is 2.40 bits per heavy atom. The van der Waals surface area contributed by atoms with E-state index in [1.807, 2.05) is 27.7 Å². The van der Waals surface area contributed by atoms with Gasteiger partial charge in [-0.25, -0.2) is 10.2 Å². The third kappa shape index (κ3) is 4.16. The van der Waals surface area contributed by atoms with Gasteiger partial charge < -0.3 is 20.2 Å². The maximum atomic E-state index is 12.1. The number of esters is 1. The van der Waals surface area contributed by atoms with E-state index in [1.54, 1.807) is 13.1 Å². The molecule has 0 bridgehead atoms. The number of nitrogens with zero attached hydrogens (tertiary/aromatic N) is 1. The number of aromatic amines is 2. The highest BCUT2D eigenvalue weighted by molar-refractivity contribution is 5.95. The van der Waals surface area contributed by atoms with Gasteiger partial charge in [-0.3, -0.25) is 4.79 Å². The number of amides is 1. The van der Waals surface area contributed by atoms with Crippen LogP contribution in [0.1, 0.15) is 55.8 Å². The highest BCUT2D eigenvalue weighted by Crippen LogP contribution is 2.17. The number of hydrazone groups is 1. The minimum Gasteiger partial charge on any atom is -0.461 e. The predicted octanol–water partition coefficient (Wildman–Crippen LogP) is 1.69. The van der Waals surface area contributed by atoms with E-state index in [4.69, 9.17) is 4.74 Å². The standard InChI is InChI=1S/C17H22N4O3.H2O/c1-6-24-17(23)15-12(5)11(4)13(20-15)8-19-21-16(22)14-10(3)9(2)7-18-14;/h7-8,18,20H,6H2,1-5H3,(H,21,22);1H2/b19-8+;. The van der Waals surface area contributed by atoms with Gasteiger partial charge in [-0.05, 0) is 56.9 Å². The Balaban J connectivity index is 0.00000312. The normalized spacial score (nSPS) is 10.6. The van der Waals surface area contributed by atoms with Crippen molar-refractivity contribution in [1.29, 1.82) is 0 Å². The van der Waals surface area contributed by atoms with Crippen molar-refractivity contribution < 1.29 is 19.8 Å². The number of hydrogen-bond donors (Lipinski definition) is 3. The van der Waals surface area contributed by atoms with Crippen LogP contribution in [0.4, 0.5) is 0 Å². The van der Waals surface area contributed by atoms with E-state index in [1.165, 1.54) is 6.21 Å². The van der Waals surface area contributed by atoms with Crippen molar-refractivity contribution in [2.75, 3.05) is 6.61 Å². The number of aryl methyl sites for hydroxylation is 1. The Morgan fingerprint density at radius 2 is 1.84 bits per heavy atom. The van der Waals surface area contributed by atoms with E-state index < -0.39 is 5.97 Å². The van der Waals surface area contributed by atoms with Crippen LogP contribution in [0.3, 0.4) is 0 Å². The molecule has 0 atom stereocenters. The monoisotopic (exact) mass is 348 g/mol. The van der Waals surface area contributed by atoms with Gasteiger partial charge in [0.25, 0.3) is 5.91 Å². The number of nitrogens with one attached hydrogen (secondary N) is 3. The molecule has 2 aromatic rings. The predicted molar refractivity (Wildman–Crippen MR) is 95.2 cm³/mol. The molecule has 0 spiro atoms. The number of ether oxygens (including phenoxy) is 1. The summed E-state index contributed by atoms with van der Waals surface area (Å²) >= 11 is 0. The zero-order chi connectivity index (χ0) is 17.9. The van der Waals surface area contributed by atoms with Crippen LogP contribution in [0.2, 0.25) is 0 Å². The first-order valence-corrected chi connectivity index (χ1v) is 7.71. The maximum Gasteiger partial charge on any atom is 0.355 e. The fourth-order valence-corrected chi connectivity index (χ4v) is 2.29. The first kappa shape index (κ1) is 20.2. The minimum atomic E-state index is -0.403. The summed E-state index contributed by atoms with van der Waals surface area (Å²) in [4.78, 5) is 29.8. The molecule has 0 fully saturated rings. The van der Waals surface area contributed by atoms with Crippen LogP contribution in [0.5, 0.6) is 0 Å². The largest absolute Gasteiger partial charge is 0.461 e. The number of carbonyl (C=O) groups is 2. The van der Waals surface area contributed by atoms with Crippen molar-refractivity contribution in [3.05, 3.63) is 45.5 Å². The van der Waals surface area contributed by atoms with Crippen LogP contribution >= 0.6 is 0 Å². The zero-order valence-electron chi connectivity index (χ0n) is 15.0. The molecule has 0 saturated heterocycles. The van der Waals surface area contributed by atoms with Crippen molar-refractivity contribution >= 4 is 18.1 Å². The first-order chi connectivity index (χ1) is 11.4. The summed E-state index contributed by atoms with van der Waals surface area (Å²) in [5, 5.41) is 3.96. The van der Waals surface area contributed by atoms with E-state index in [9.17, 15) is 9.59 Å². The van der Waals surface area contributed by atoms with Gasteiger partial charge in [0.2, 0.25) is 0 Å². The lowest BCUT2D eigenvalue weighted by Gasteiger charge is -1.99. The molecule has 8 heteroatoms. The molecule has 8 nitrogen and oxygen atoms in total. The fraction of sp³-hybridized carbons (Fsp3) is 0.353. The van der Waals surface area contributed by atoms with Crippen LogP contribution in [0, 0.1) is 27.7 Å². The van der Waals surface area contributed by atoms with E-state index in [2.05, 4.69) is 20.5 Å². The molecule has 0 aliphatic heterocycles. The molecule has 136 valence electrons. The molecular weight excluding hydrogens is 324 g/mol. The summed E-state index contributed by atoms with van der Waals surface area (Å²) in [7, 11) is 0. The Bertz CT molecular complexity index is 802. The Kier molecular flexibility index (Phi) is 6.69. The van der Waals surface area contributed by atoms with Gasteiger partial charge in [-0.1, -0.05) is 0 Å². The molecule has 25 heavy (non-hydrogen) atoms. The number of hydrogen-bond acceptors (Lipinski definition) is 4. The molecular formula is C17H24N4O4. The average molecular weight is 348 g/mol. The summed E-state index contributed by atoms with van der Waals surface area (Å²) in [6.45, 7) is 9.56. The highest BCUT2D eigenvalue weighted by atomic mass is 16.5. The van der Waals surface area contributed by atoms with Gasteiger partial charge in [-0.2, -0.15) is 5.10 Å². The van der Waals surface area contributed by atoms with E-state index >= 15 is 0 Å². The highest BCUT2D eigenvalue weighted by Gasteiger charge is 2.17. The van der Waals surface area contributed by atoms with Crippen LogP contribution in [0.15, 0.2) is 11.3 Å². The molecule has 2 aromatic heterocycles. The molecule has 2 rings (SSSR count). The third-order valence-electron chi connectivity index (χ3n) is 4.07. The summed E-state index contributed by atoms with van der Waals surface area (Å²) < 4.78 is 5.00. The number of aromatic nitrogens is 2. The van der Waals surface area contributed by atoms with Gasteiger partial charge in [0, 0.05) is 6.20 Å². The quantitative estimate of drug-likeness (QED) is 0.431. The lowest BCUT2D eigenvalue weighted by atomic mass is 10.1. The third-order valence-corrected chi connectivity index (χ3v) is 4.07. The smallest absolute Gasteiger partial charge is 0.355 e. The van der Waals surface area contributed by atoms with Crippen LogP contribution in [-0.2, 0) is 4.74 Å². The summed E-state index contributed by atoms with van der Waals surface area (Å²) in [5.41, 5.74) is 7.59. The summed E-state index contributed by atoms with van der Waals surface area (Å²) in [6.07, 6.45) is 3.26. The second-order valence-corrected chi connectivity index (χ2v) is 5.55. The fourth-order valence-electron chi connectivity index (χ4n) is 2.29. The second kappa shape index (κ2) is 8.29. The summed E-state index contributed by atoms with van der Waals surface area (Å²) in [6, 6.07) is 0. The van der Waals surface area contributed by atoms with E-state index in [-0.39, 0.29) is 11.4 Å². The van der Waals surface area contributed by atoms with Crippen molar-refractivity contribution in [2.24, 2.45) is 5.10 Å². The summed E-state index contributed by atoms with van der Waals surface area (Å²) in [5.74, 6) is -0.720. The van der Waals surface area contributed by atoms with E-state index in [0.29, 0.717) is 23.7 Å². The van der Waals surface area contributed by atoms with Gasteiger partial charge in [0.05, 0.1) is 18.5 Å². The SMILES string of the molecule is CCOC(=O)c1[nH]c(/C=N/NC(=O)c2[nH]cc(C)c2C)c(C)c1C.O. The molecule has 1 amide bonds. The number of H-pyrrole nitrogens is 2. The van der Waals surface area contributed by atoms with Crippen LogP contribution < -0.4 is 5.43 Å². The Hall–Kier alpha value is -2.87. The Labute approximate surface area is 146 Å². The van der Waals surface area contributed by atoms with Gasteiger partial charge in [0.15, 0.2) is 0 Å². The van der Waals surface area contributed by atoms with Crippen LogP contribution in [0.25, 0.3) is 0 Å². The number of rotatable bonds is 5. The lowest BCUT2D eigenvalue weighted by Crippen LogP contribution is -2.19. The molecule has 0 radical (unpaired) electrons. The first-order valence-electron chi connectivity index (χ1n) is 7.71. The van der Waals surface area contributed by atoms with Crippen molar-refractivity contribution in [2.45, 2.75) is 34.6 Å². The molecule has 0 saturated carbocycles. The molecule has 0 aromatic carbocycles. The topological polar surface area (TPSA) is 131 Å². The minimum absolute atomic E-state index is 0. The van der Waals surface area contributed by atoms with Crippen molar-refractivity contribution in [3.8, 4) is 0 Å². The van der Waals surface area contributed by atoms with Gasteiger partial charge in [0.1, 0.15) is 11.4 Å². The zero-order valence-corrected chi connectivity index (χ0v) is 15.0. The molecule has 2 heterocycles. The van der Waals surface area contributed by atoms with Crippen molar-refractivity contribution in [1.82, 2.24) is 15.4 Å². The van der Waals surface area contributed by atoms with Gasteiger partial charge >= 0.3 is 5.97 Å². The lowest BCUT2D eigenvalue weighted by molar-refractivity contribution is 0.0519. The van der Waals surface area contributed by atoms with E-state index in [0.717, 1.165) is 22.3 Å². The second-order valence-electron chi connectivity index (χ2n) is 5.55. The molecule has 0 aliphatic carbocycles. The maximum absolute atomic E-state index is 12.1. The molecule has 0 aliphatic rings. The van der Waals surface area contributed by atoms with Crippen molar-refractivity contribution in [3.63, 3.8) is 0 Å². The van der Waals surface area contributed by atoms with Crippen LogP contribution in [-0.4, -0.2) is 40.1 Å². The number of carbonyl (C=O) groups excluding carboxylic acids is 2. The van der Waals surface area contributed by atoms with Gasteiger partial charge in [-0.15, -0.1) is 0 Å².